The van der Waals surface area contributed by atoms with E-state index >= 15 is 0 Å². The highest BCUT2D eigenvalue weighted by molar-refractivity contribution is 5.79. The van der Waals surface area contributed by atoms with Crippen molar-refractivity contribution in [3.63, 3.8) is 0 Å². The van der Waals surface area contributed by atoms with Crippen molar-refractivity contribution in [3.8, 4) is 0 Å². The van der Waals surface area contributed by atoms with E-state index in [0.717, 1.165) is 18.8 Å². The van der Waals surface area contributed by atoms with E-state index in [1.54, 1.807) is 5.56 Å². The lowest BCUT2D eigenvalue weighted by Gasteiger charge is -2.29. The van der Waals surface area contributed by atoms with Gasteiger partial charge in [-0.2, -0.15) is 0 Å². The van der Waals surface area contributed by atoms with E-state index in [1.807, 2.05) is 18.2 Å². The van der Waals surface area contributed by atoms with Crippen LogP contribution in [0.1, 0.15) is 148 Å². The van der Waals surface area contributed by atoms with Crippen molar-refractivity contribution in [2.75, 3.05) is 4.90 Å². The molecule has 6 aromatic carbocycles. The zero-order valence-corrected chi connectivity index (χ0v) is 41.4. The zero-order chi connectivity index (χ0) is 46.6. The molecule has 0 aliphatic heterocycles. The molecule has 3 aliphatic carbocycles. The fraction of sp³-hybridized carbons (Fsp3) is 0.333. The van der Waals surface area contributed by atoms with Gasteiger partial charge < -0.3 is 4.90 Å². The molecule has 3 aliphatic rings. The number of benzene rings is 6. The summed E-state index contributed by atoms with van der Waals surface area (Å²) in [6.45, 7) is 10.9. The van der Waals surface area contributed by atoms with Gasteiger partial charge >= 0.3 is 0 Å². The fourth-order valence-electron chi connectivity index (χ4n) is 10.0. The van der Waals surface area contributed by atoms with E-state index in [-0.39, 0.29) is 0 Å². The molecule has 0 spiro atoms. The van der Waals surface area contributed by atoms with Crippen molar-refractivity contribution in [3.05, 3.63) is 232 Å². The normalized spacial score (nSPS) is 17.6. The molecule has 2 fully saturated rings. The van der Waals surface area contributed by atoms with Gasteiger partial charge in [0, 0.05) is 23.0 Å². The molecule has 0 aromatic heterocycles. The molecule has 2 unspecified atom stereocenters. The lowest BCUT2D eigenvalue weighted by Crippen LogP contribution is -2.12. The number of para-hydroxylation sites is 1. The van der Waals surface area contributed by atoms with Crippen molar-refractivity contribution in [1.29, 1.82) is 0 Å². The molecule has 0 saturated heterocycles. The Labute approximate surface area is 406 Å². The number of rotatable bonds is 12. The number of anilines is 3. The summed E-state index contributed by atoms with van der Waals surface area (Å²) in [5.41, 5.74) is 15.9. The highest BCUT2D eigenvalue weighted by Crippen LogP contribution is 2.40. The van der Waals surface area contributed by atoms with Crippen LogP contribution in [0.5, 0.6) is 0 Å². The van der Waals surface area contributed by atoms with Gasteiger partial charge in [0.25, 0.3) is 0 Å². The third-order valence-corrected chi connectivity index (χ3v) is 13.9. The minimum Gasteiger partial charge on any atom is -0.310 e. The summed E-state index contributed by atoms with van der Waals surface area (Å²) in [5, 5.41) is 0. The largest absolute Gasteiger partial charge is 0.310 e. The van der Waals surface area contributed by atoms with Gasteiger partial charge in [-0.1, -0.05) is 235 Å². The van der Waals surface area contributed by atoms with Crippen molar-refractivity contribution in [2.24, 2.45) is 11.8 Å². The molecule has 67 heavy (non-hydrogen) atoms. The highest BCUT2D eigenvalue weighted by atomic mass is 15.1. The molecule has 0 N–H and O–H groups in total. The third kappa shape index (κ3) is 14.8. The summed E-state index contributed by atoms with van der Waals surface area (Å²) in [6.07, 6.45) is 33.3. The monoisotopic (exact) mass is 884 g/mol. The van der Waals surface area contributed by atoms with Crippen molar-refractivity contribution in [1.82, 2.24) is 0 Å². The maximum atomic E-state index is 2.45. The predicted octanol–water partition coefficient (Wildman–Crippen LogP) is 19.2. The molecule has 346 valence electrons. The maximum Gasteiger partial charge on any atom is 0.0490 e. The molecule has 0 heterocycles. The SMILES string of the molecule is CCC.Cc1cc(C2CCCCC2)ccc1N(c1ccccc1)c1ccc(/C=C/C2C=CC(/C=C/c3ccc(CCc4ccc(C5CCCCC5)cc4)cc3)=CC2C)cc1.Cc1ccccc1. The van der Waals surface area contributed by atoms with Crippen LogP contribution in [0.25, 0.3) is 12.2 Å². The van der Waals surface area contributed by atoms with E-state index in [9.17, 15) is 0 Å². The van der Waals surface area contributed by atoms with E-state index in [1.165, 1.54) is 132 Å². The first-order valence-electron chi connectivity index (χ1n) is 25.9. The molecule has 0 bridgehead atoms. The van der Waals surface area contributed by atoms with Gasteiger partial charge in [-0.15, -0.1) is 0 Å². The van der Waals surface area contributed by atoms with E-state index < -0.39 is 0 Å². The number of hydrogen-bond acceptors (Lipinski definition) is 1. The van der Waals surface area contributed by atoms with Crippen molar-refractivity contribution >= 4 is 29.2 Å². The number of nitrogens with zero attached hydrogens (tertiary/aromatic N) is 1. The van der Waals surface area contributed by atoms with Gasteiger partial charge in [0.2, 0.25) is 0 Å². The van der Waals surface area contributed by atoms with Crippen molar-refractivity contribution in [2.45, 2.75) is 130 Å². The second-order valence-corrected chi connectivity index (χ2v) is 19.5. The number of hydrogen-bond donors (Lipinski definition) is 0. The van der Waals surface area contributed by atoms with E-state index in [4.69, 9.17) is 0 Å². The summed E-state index contributed by atoms with van der Waals surface area (Å²) in [6, 6.07) is 55.9. The van der Waals surface area contributed by atoms with Gasteiger partial charge in [0.05, 0.1) is 0 Å². The van der Waals surface area contributed by atoms with E-state index in [2.05, 4.69) is 216 Å². The fourth-order valence-corrected chi connectivity index (χ4v) is 10.0. The zero-order valence-electron chi connectivity index (χ0n) is 41.4. The first kappa shape index (κ1) is 49.0. The molecular formula is C66H77N. The lowest BCUT2D eigenvalue weighted by atomic mass is 9.83. The lowest BCUT2D eigenvalue weighted by molar-refractivity contribution is 0.443. The van der Waals surface area contributed by atoms with Crippen LogP contribution < -0.4 is 4.90 Å². The Morgan fingerprint density at radius 1 is 0.522 bits per heavy atom. The predicted molar refractivity (Wildman–Crippen MR) is 293 cm³/mol. The molecule has 0 amide bonds. The van der Waals surface area contributed by atoms with Crippen molar-refractivity contribution < 1.29 is 0 Å². The molecule has 1 heteroatoms. The molecular weight excluding hydrogens is 807 g/mol. The maximum absolute atomic E-state index is 2.45. The smallest absolute Gasteiger partial charge is 0.0490 e. The van der Waals surface area contributed by atoms with Gasteiger partial charge in [0.15, 0.2) is 0 Å². The quantitative estimate of drug-likeness (QED) is 0.118. The second-order valence-electron chi connectivity index (χ2n) is 19.5. The van der Waals surface area contributed by atoms with Crippen LogP contribution in [-0.2, 0) is 12.8 Å². The Bertz CT molecular complexity index is 2470. The minimum absolute atomic E-state index is 0.371. The third-order valence-electron chi connectivity index (χ3n) is 13.9. The molecule has 9 rings (SSSR count). The Morgan fingerprint density at radius 2 is 1.03 bits per heavy atom. The van der Waals surface area contributed by atoms with Crippen LogP contribution >= 0.6 is 0 Å². The Kier molecular flexibility index (Phi) is 18.9. The molecule has 2 atom stereocenters. The molecule has 0 radical (unpaired) electrons. The standard InChI is InChI=1S/C56H61N.C7H8.C3H8/c1-42-40-48(25-24-45-20-18-44(19-21-45)22-23-46-27-34-52(35-28-46)50-12-6-3-7-13-50)29-33-49(42)32-26-47-30-37-55(38-31-47)57(54-16-10-5-11-17-54)56-39-36-53(41-43(56)2)51-14-8-4-9-15-51;1-7-5-3-2-4-6-7;1-3-2/h5,10-11,16-21,24-42,49-51H,3-4,6-9,12-15,22-23H2,1-2H3;2-6H,1H3;3H2,1-2H3/b25-24+,32-26+;;. The highest BCUT2D eigenvalue weighted by Gasteiger charge is 2.20. The topological polar surface area (TPSA) is 3.24 Å². The number of aryl methyl sites for hydroxylation is 4. The van der Waals surface area contributed by atoms with E-state index in [0.29, 0.717) is 17.8 Å². The first-order chi connectivity index (χ1) is 32.9. The number of allylic oxidation sites excluding steroid dienone is 6. The van der Waals surface area contributed by atoms with Crippen LogP contribution in [0, 0.1) is 25.7 Å². The summed E-state index contributed by atoms with van der Waals surface area (Å²) in [5.74, 6) is 2.29. The Balaban J connectivity index is 0.000000597. The average molecular weight is 884 g/mol. The van der Waals surface area contributed by atoms with Crippen LogP contribution in [-0.4, -0.2) is 0 Å². The summed E-state index contributed by atoms with van der Waals surface area (Å²) in [4.78, 5) is 2.41. The molecule has 2 saturated carbocycles. The van der Waals surface area contributed by atoms with Gasteiger partial charge in [0.1, 0.15) is 0 Å². The van der Waals surface area contributed by atoms with Crippen LogP contribution in [0.3, 0.4) is 0 Å². The van der Waals surface area contributed by atoms with Gasteiger partial charge in [-0.25, -0.2) is 0 Å². The summed E-state index contributed by atoms with van der Waals surface area (Å²) >= 11 is 0. The first-order valence-corrected chi connectivity index (χ1v) is 25.9. The second kappa shape index (κ2) is 25.8. The van der Waals surface area contributed by atoms with Gasteiger partial charge in [-0.3, -0.25) is 0 Å². The van der Waals surface area contributed by atoms with Crippen LogP contribution in [0.15, 0.2) is 188 Å². The molecule has 6 aromatic rings. The van der Waals surface area contributed by atoms with Gasteiger partial charge in [-0.05, 0) is 145 Å². The Hall–Kier alpha value is -5.92. The average Bonchev–Trinajstić information content (AvgIpc) is 3.38. The molecule has 1 nitrogen and oxygen atoms in total. The summed E-state index contributed by atoms with van der Waals surface area (Å²) < 4.78 is 0. The van der Waals surface area contributed by atoms with Crippen LogP contribution in [0.2, 0.25) is 0 Å². The Morgan fingerprint density at radius 3 is 1.58 bits per heavy atom. The van der Waals surface area contributed by atoms with Crippen LogP contribution in [0.4, 0.5) is 17.1 Å². The summed E-state index contributed by atoms with van der Waals surface area (Å²) in [7, 11) is 0. The minimum atomic E-state index is 0.371.